The van der Waals surface area contributed by atoms with E-state index in [0.29, 0.717) is 212 Å². The summed E-state index contributed by atoms with van der Waals surface area (Å²) in [6, 6.07) is 48.4. The van der Waals surface area contributed by atoms with Crippen LogP contribution in [0.4, 0.5) is 0 Å². The van der Waals surface area contributed by atoms with Crippen LogP contribution in [0.25, 0.3) is 66.9 Å². The molecule has 0 unspecified atom stereocenters. The van der Waals surface area contributed by atoms with E-state index in [4.69, 9.17) is 55.9 Å². The number of nitrogens with zero attached hydrogens (tertiary/aromatic N) is 8. The van der Waals surface area contributed by atoms with Gasteiger partial charge in [-0.05, 0) is 122 Å². The number of rotatable bonds is 42. The number of benzene rings is 6. The zero-order chi connectivity index (χ0) is 68.2. The maximum Gasteiger partial charge on any atom is 0.193 e. The van der Waals surface area contributed by atoms with Gasteiger partial charge in [0.2, 0.25) is 0 Å². The Hall–Kier alpha value is -10.2. The van der Waals surface area contributed by atoms with Crippen LogP contribution in [-0.4, -0.2) is 159 Å². The molecule has 0 fully saturated rings. The monoisotopic (exact) mass is 1350 g/mol. The normalized spacial score (nSPS) is 11.8. The van der Waals surface area contributed by atoms with Crippen molar-refractivity contribution in [1.82, 2.24) is 45.3 Å². The fourth-order valence-electron chi connectivity index (χ4n) is 10.7. The van der Waals surface area contributed by atoms with Gasteiger partial charge in [-0.2, -0.15) is 0 Å². The lowest BCUT2D eigenvalue weighted by atomic mass is 10.1. The molecule has 0 bridgehead atoms. The van der Waals surface area contributed by atoms with Crippen molar-refractivity contribution in [2.75, 3.05) is 119 Å². The van der Waals surface area contributed by atoms with Gasteiger partial charge in [-0.1, -0.05) is 53.7 Å². The van der Waals surface area contributed by atoms with Crippen molar-refractivity contribution >= 4 is 32.9 Å². The predicted octanol–water partition coefficient (Wildman–Crippen LogP) is 10.3. The molecule has 1 N–H and O–H groups in total. The fraction of sp³-hybridized carbons (Fsp3) is 0.320. The van der Waals surface area contributed by atoms with Gasteiger partial charge in [-0.15, -0.1) is 10.2 Å². The van der Waals surface area contributed by atoms with Crippen LogP contribution in [0.3, 0.4) is 0 Å². The van der Waals surface area contributed by atoms with Gasteiger partial charge in [-0.25, -0.2) is 14.8 Å². The van der Waals surface area contributed by atoms with E-state index in [1.165, 1.54) is 18.2 Å². The van der Waals surface area contributed by atoms with Crippen molar-refractivity contribution in [3.05, 3.63) is 230 Å². The van der Waals surface area contributed by atoms with Gasteiger partial charge in [0.05, 0.1) is 126 Å². The molecule has 0 aliphatic carbocycles. The molecule has 5 heterocycles. The Morgan fingerprint density at radius 2 is 0.788 bits per heavy atom. The smallest absolute Gasteiger partial charge is 0.193 e. The van der Waals surface area contributed by atoms with Gasteiger partial charge in [0.25, 0.3) is 0 Å². The number of ether oxygens (including phenoxy) is 9. The number of para-hydroxylation sites is 3. The van der Waals surface area contributed by atoms with Gasteiger partial charge in [0.15, 0.2) is 16.3 Å². The summed E-state index contributed by atoms with van der Waals surface area (Å²) in [5.41, 5.74) is 9.81. The van der Waals surface area contributed by atoms with Gasteiger partial charge < -0.3 is 60.9 Å². The molecule has 0 aliphatic heterocycles. The first-order valence-corrected chi connectivity index (χ1v) is 33.1. The zero-order valence-electron chi connectivity index (χ0n) is 55.6. The van der Waals surface area contributed by atoms with E-state index in [0.717, 1.165) is 33.7 Å². The van der Waals surface area contributed by atoms with E-state index in [-0.39, 0.29) is 16.3 Å². The number of fused-ring (bicyclic) bond motifs is 3. The van der Waals surface area contributed by atoms with Gasteiger partial charge >= 0.3 is 0 Å². The quantitative estimate of drug-likeness (QED) is 0.0276. The molecule has 0 radical (unpaired) electrons. The molecule has 24 heteroatoms. The van der Waals surface area contributed by atoms with Crippen LogP contribution in [-0.2, 0) is 54.6 Å². The highest BCUT2D eigenvalue weighted by Crippen LogP contribution is 2.28. The van der Waals surface area contributed by atoms with Crippen molar-refractivity contribution in [1.29, 1.82) is 0 Å². The largest absolute Gasteiger partial charge is 0.491 e. The number of hydrogen-bond donors (Lipinski definition) is 1. The summed E-state index contributed by atoms with van der Waals surface area (Å²) < 4.78 is 74.2. The summed E-state index contributed by atoms with van der Waals surface area (Å²) >= 11 is 0. The summed E-state index contributed by atoms with van der Waals surface area (Å²) in [7, 11) is 0. The average molecular weight is 1350 g/mol. The third kappa shape index (κ3) is 21.4. The van der Waals surface area contributed by atoms with E-state index in [1.54, 1.807) is 45.8 Å². The van der Waals surface area contributed by atoms with E-state index in [9.17, 15) is 14.4 Å². The molecule has 0 saturated heterocycles. The number of hydrazine groups is 1. The minimum absolute atomic E-state index is 0.0859. The van der Waals surface area contributed by atoms with Crippen LogP contribution >= 0.6 is 0 Å². The summed E-state index contributed by atoms with van der Waals surface area (Å²) in [4.78, 5) is 40.0. The Balaban J connectivity index is 0.590. The molecule has 516 valence electrons. The highest BCUT2D eigenvalue weighted by Gasteiger charge is 2.16. The molecule has 6 aromatic carbocycles. The van der Waals surface area contributed by atoms with Gasteiger partial charge in [-0.3, -0.25) is 19.3 Å². The van der Waals surface area contributed by atoms with E-state index in [2.05, 4.69) is 51.0 Å². The summed E-state index contributed by atoms with van der Waals surface area (Å²) in [5.74, 6) is 3.53. The third-order valence-corrected chi connectivity index (χ3v) is 15.5. The zero-order valence-corrected chi connectivity index (χ0v) is 55.6. The molecule has 5 aromatic heterocycles. The Kier molecular flexibility index (Phi) is 26.2. The van der Waals surface area contributed by atoms with E-state index in [1.807, 2.05) is 127 Å². The summed E-state index contributed by atoms with van der Waals surface area (Å²) in [6.07, 6.45) is 5.96. The maximum atomic E-state index is 12.6. The molecule has 0 aliphatic rings. The lowest BCUT2D eigenvalue weighted by Gasteiger charge is -2.24. The first-order chi connectivity index (χ1) is 48.7. The molecule has 0 atom stereocenters. The summed E-state index contributed by atoms with van der Waals surface area (Å²) in [5, 5.41) is 21.6. The maximum absolute atomic E-state index is 12.6. The predicted molar refractivity (Wildman–Crippen MR) is 373 cm³/mol. The molecule has 24 nitrogen and oxygen atoms in total. The first-order valence-electron chi connectivity index (χ1n) is 33.1. The summed E-state index contributed by atoms with van der Waals surface area (Å²) in [6.45, 7) is 14.0. The average Bonchev–Trinajstić information content (AvgIpc) is 1.87. The Labute approximate surface area is 571 Å². The van der Waals surface area contributed by atoms with Crippen molar-refractivity contribution in [2.24, 2.45) is 0 Å². The molecular formula is C75H81N9O15. The Bertz CT molecular complexity index is 4320. The van der Waals surface area contributed by atoms with Crippen LogP contribution < -0.4 is 35.9 Å². The molecule has 11 aromatic rings. The lowest BCUT2D eigenvalue weighted by molar-refractivity contribution is 0.0293. The highest BCUT2D eigenvalue weighted by molar-refractivity contribution is 5.80. The van der Waals surface area contributed by atoms with Crippen LogP contribution in [0, 0.1) is 0 Å². The van der Waals surface area contributed by atoms with Crippen molar-refractivity contribution < 1.29 is 55.9 Å². The molecule has 0 amide bonds. The Morgan fingerprint density at radius 3 is 1.16 bits per heavy atom. The van der Waals surface area contributed by atoms with Crippen molar-refractivity contribution in [3.63, 3.8) is 0 Å². The third-order valence-electron chi connectivity index (χ3n) is 15.5. The molecule has 11 rings (SSSR count). The number of aromatic nitrogens is 6. The SMILES string of the molecule is CCNN(/C=C(\C)CN(Cc1cn(CCOCCOCCOc2ccc(-c3cc(=O)c4ccccc4o3)cc2)nn1)Cc1cn(CCOCCOCCOc2ccc(-c3cc(=O)c4ccccc4o3)cc2)nn1)CCOCCOCCOc1ccc(-c2cc(=O)c3ccccc3o2)cc1. The topological polar surface area (TPSA) is 254 Å². The van der Waals surface area contributed by atoms with E-state index < -0.39 is 0 Å². The minimum Gasteiger partial charge on any atom is -0.491 e. The highest BCUT2D eigenvalue weighted by atomic mass is 16.6. The van der Waals surface area contributed by atoms with Crippen LogP contribution in [0.1, 0.15) is 25.2 Å². The molecule has 99 heavy (non-hydrogen) atoms. The van der Waals surface area contributed by atoms with E-state index >= 15 is 0 Å². The minimum atomic E-state index is -0.0875. The standard InChI is InChI=1S/C75H81N9O15/c1-3-76-82(28-31-88-34-37-91-40-43-94-61-22-16-56(17-23-61)73-46-67(85)64-10-4-7-13-70(64)97-73)50-55(2)49-81(51-59-53-83(79-77-59)29-32-89-35-38-92-41-44-95-62-24-18-57(19-25-62)74-47-68(86)65-11-5-8-14-71(65)98-74)52-60-54-84(80-78-60)30-33-90-36-39-93-42-45-96-63-26-20-58(21-27-63)75-48-69(87)66-12-6-9-15-72(66)99-75/h4-27,46-48,50,53-54,76H,3,28-45,49,51-52H2,1-2H3/b55-50+. The molecule has 0 saturated carbocycles. The number of hydrogen-bond acceptors (Lipinski definition) is 22. The van der Waals surface area contributed by atoms with Crippen molar-refractivity contribution in [2.45, 2.75) is 40.0 Å². The Morgan fingerprint density at radius 1 is 0.444 bits per heavy atom. The second-order valence-electron chi connectivity index (χ2n) is 23.0. The van der Waals surface area contributed by atoms with Gasteiger partial charge in [0, 0.05) is 79.7 Å². The van der Waals surface area contributed by atoms with Gasteiger partial charge in [0.1, 0.15) is 71.1 Å². The first kappa shape index (κ1) is 70.2. The lowest BCUT2D eigenvalue weighted by Crippen LogP contribution is -2.37. The molecule has 0 spiro atoms. The van der Waals surface area contributed by atoms with Crippen LogP contribution in [0.2, 0.25) is 0 Å². The second kappa shape index (κ2) is 37.0. The van der Waals surface area contributed by atoms with Crippen LogP contribution in [0.15, 0.2) is 216 Å². The number of nitrogens with one attached hydrogen (secondary N) is 1. The molecular weight excluding hydrogens is 1270 g/mol. The fourth-order valence-corrected chi connectivity index (χ4v) is 10.7. The van der Waals surface area contributed by atoms with Crippen molar-refractivity contribution in [3.8, 4) is 51.2 Å². The second-order valence-corrected chi connectivity index (χ2v) is 23.0. The van der Waals surface area contributed by atoms with Crippen LogP contribution in [0.5, 0.6) is 17.2 Å².